The number of allylic oxidation sites excluding steroid dienone is 1. The van der Waals surface area contributed by atoms with Gasteiger partial charge in [0.25, 0.3) is 5.91 Å². The Balaban J connectivity index is 1.45. The molecule has 6 atom stereocenters. The molecule has 2 N–H and O–H groups in total. The van der Waals surface area contributed by atoms with Crippen LogP contribution in [0.3, 0.4) is 0 Å². The van der Waals surface area contributed by atoms with Crippen molar-refractivity contribution in [2.45, 2.75) is 68.6 Å². The Bertz CT molecular complexity index is 1580. The number of amides is 1. The van der Waals surface area contributed by atoms with Crippen molar-refractivity contribution in [2.24, 2.45) is 17.8 Å². The van der Waals surface area contributed by atoms with Gasteiger partial charge in [0.1, 0.15) is 11.4 Å². The van der Waals surface area contributed by atoms with Crippen molar-refractivity contribution in [3.05, 3.63) is 70.3 Å². The number of ether oxygens (including phenoxy) is 1. The number of nitrogens with one attached hydrogen (secondary N) is 1. The lowest BCUT2D eigenvalue weighted by Crippen LogP contribution is -2.53. The SMILES string of the molecule is C[C@@H]1[C@@H](C)C/C=C/[C@](O)(C=O)[C@@H]2CC[C@H]2CN2C[C@@]3(CCCc4cc(Cl)ccc43)COc3ccc(cc32)C(=O)NS1(=O)=O. The summed E-state index contributed by atoms with van der Waals surface area (Å²) in [5.41, 5.74) is 1.35. The third-order valence-electron chi connectivity index (χ3n) is 10.4. The average molecular weight is 627 g/mol. The van der Waals surface area contributed by atoms with E-state index >= 15 is 0 Å². The van der Waals surface area contributed by atoms with Crippen molar-refractivity contribution >= 4 is 39.5 Å². The molecule has 0 saturated heterocycles. The molecule has 43 heavy (non-hydrogen) atoms. The molecule has 1 fully saturated rings. The van der Waals surface area contributed by atoms with Crippen LogP contribution < -0.4 is 14.4 Å². The van der Waals surface area contributed by atoms with E-state index in [9.17, 15) is 23.1 Å². The lowest BCUT2D eigenvalue weighted by atomic mass is 9.64. The number of benzene rings is 2. The quantitative estimate of drug-likeness (QED) is 0.345. The molecule has 2 aliphatic carbocycles. The van der Waals surface area contributed by atoms with Crippen LogP contribution in [0.2, 0.25) is 5.02 Å². The largest absolute Gasteiger partial charge is 0.490 e. The minimum absolute atomic E-state index is 0.0262. The molecule has 6 rings (SSSR count). The molecule has 8 nitrogen and oxygen atoms in total. The van der Waals surface area contributed by atoms with E-state index in [0.29, 0.717) is 55.3 Å². The van der Waals surface area contributed by atoms with Crippen molar-refractivity contribution in [1.29, 1.82) is 0 Å². The Morgan fingerprint density at radius 1 is 1.16 bits per heavy atom. The van der Waals surface area contributed by atoms with Crippen LogP contribution in [0.5, 0.6) is 5.75 Å². The highest BCUT2D eigenvalue weighted by Gasteiger charge is 2.48. The van der Waals surface area contributed by atoms with Crippen molar-refractivity contribution in [3.63, 3.8) is 0 Å². The third kappa shape index (κ3) is 5.49. The molecule has 2 bridgehead atoms. The molecular formula is C33H39ClN2O6S. The van der Waals surface area contributed by atoms with Gasteiger partial charge in [-0.2, -0.15) is 0 Å². The van der Waals surface area contributed by atoms with E-state index in [-0.39, 0.29) is 28.7 Å². The van der Waals surface area contributed by atoms with Crippen molar-refractivity contribution in [2.75, 3.05) is 24.6 Å². The summed E-state index contributed by atoms with van der Waals surface area (Å²) in [6.45, 7) is 4.93. The molecule has 1 saturated carbocycles. The molecule has 0 radical (unpaired) electrons. The molecule has 2 aromatic carbocycles. The van der Waals surface area contributed by atoms with Gasteiger partial charge >= 0.3 is 0 Å². The lowest BCUT2D eigenvalue weighted by Gasteiger charge is -2.47. The number of anilines is 1. The number of sulfonamides is 1. The van der Waals surface area contributed by atoms with Gasteiger partial charge in [0.05, 0.1) is 17.5 Å². The van der Waals surface area contributed by atoms with Crippen LogP contribution >= 0.6 is 11.6 Å². The van der Waals surface area contributed by atoms with Crippen molar-refractivity contribution in [3.8, 4) is 5.75 Å². The first-order valence-electron chi connectivity index (χ1n) is 15.2. The van der Waals surface area contributed by atoms with Crippen LogP contribution in [0.1, 0.15) is 67.4 Å². The molecule has 0 unspecified atom stereocenters. The Morgan fingerprint density at radius 2 is 1.98 bits per heavy atom. The second-order valence-corrected chi connectivity index (χ2v) is 15.5. The van der Waals surface area contributed by atoms with Gasteiger partial charge in [0.2, 0.25) is 10.0 Å². The number of nitrogens with zero attached hydrogens (tertiary/aromatic N) is 1. The molecule has 230 valence electrons. The highest BCUT2D eigenvalue weighted by atomic mass is 35.5. The van der Waals surface area contributed by atoms with Gasteiger partial charge in [-0.1, -0.05) is 30.7 Å². The van der Waals surface area contributed by atoms with Crippen LogP contribution in [-0.2, 0) is 26.7 Å². The lowest BCUT2D eigenvalue weighted by molar-refractivity contribution is -0.130. The zero-order valence-corrected chi connectivity index (χ0v) is 26.2. The summed E-state index contributed by atoms with van der Waals surface area (Å²) in [6.07, 6.45) is 8.57. The van der Waals surface area contributed by atoms with Gasteiger partial charge < -0.3 is 14.7 Å². The van der Waals surface area contributed by atoms with Crippen LogP contribution in [0, 0.1) is 17.8 Å². The van der Waals surface area contributed by atoms with Crippen LogP contribution in [0.4, 0.5) is 5.69 Å². The molecule has 1 spiro atoms. The van der Waals surface area contributed by atoms with Gasteiger partial charge in [-0.3, -0.25) is 9.59 Å². The fourth-order valence-corrected chi connectivity index (χ4v) is 8.91. The van der Waals surface area contributed by atoms with E-state index in [1.165, 1.54) is 17.2 Å². The maximum Gasteiger partial charge on any atom is 0.264 e. The van der Waals surface area contributed by atoms with Crippen LogP contribution in [-0.4, -0.2) is 56.3 Å². The summed E-state index contributed by atoms with van der Waals surface area (Å²) in [4.78, 5) is 27.9. The molecule has 2 aromatic rings. The summed E-state index contributed by atoms with van der Waals surface area (Å²) in [6, 6.07) is 11.1. The normalized spacial score (nSPS) is 34.4. The molecule has 0 aromatic heterocycles. The highest BCUT2D eigenvalue weighted by Crippen LogP contribution is 2.48. The zero-order valence-electron chi connectivity index (χ0n) is 24.6. The fourth-order valence-electron chi connectivity index (χ4n) is 7.44. The van der Waals surface area contributed by atoms with Gasteiger partial charge in [0, 0.05) is 35.0 Å². The molecule has 4 aliphatic rings. The number of hydrogen-bond acceptors (Lipinski definition) is 7. The molecule has 1 amide bonds. The minimum Gasteiger partial charge on any atom is -0.490 e. The van der Waals surface area contributed by atoms with Gasteiger partial charge in [0.15, 0.2) is 6.29 Å². The summed E-state index contributed by atoms with van der Waals surface area (Å²) in [5, 5.41) is 11.3. The Morgan fingerprint density at radius 3 is 2.72 bits per heavy atom. The van der Waals surface area contributed by atoms with E-state index in [0.717, 1.165) is 25.7 Å². The number of aryl methyl sites for hydroxylation is 1. The van der Waals surface area contributed by atoms with Gasteiger partial charge in [-0.15, -0.1) is 0 Å². The molecular weight excluding hydrogens is 588 g/mol. The fraction of sp³-hybridized carbons (Fsp3) is 0.515. The number of hydrogen-bond donors (Lipinski definition) is 2. The number of aliphatic hydroxyl groups is 1. The first-order chi connectivity index (χ1) is 20.4. The van der Waals surface area contributed by atoms with E-state index in [1.807, 2.05) is 12.1 Å². The summed E-state index contributed by atoms with van der Waals surface area (Å²) in [5.74, 6) is -0.681. The van der Waals surface area contributed by atoms with E-state index in [2.05, 4.69) is 15.7 Å². The first kappa shape index (κ1) is 30.2. The summed E-state index contributed by atoms with van der Waals surface area (Å²) in [7, 11) is -4.00. The predicted molar refractivity (Wildman–Crippen MR) is 166 cm³/mol. The first-order valence-corrected chi connectivity index (χ1v) is 17.1. The smallest absolute Gasteiger partial charge is 0.264 e. The van der Waals surface area contributed by atoms with Crippen LogP contribution in [0.25, 0.3) is 0 Å². The Hall–Kier alpha value is -2.88. The molecule has 2 aliphatic heterocycles. The van der Waals surface area contributed by atoms with Crippen molar-refractivity contribution in [1.82, 2.24) is 4.72 Å². The van der Waals surface area contributed by atoms with E-state index in [1.54, 1.807) is 38.1 Å². The minimum atomic E-state index is -4.00. The number of carbonyl (C=O) groups excluding carboxylic acids is 2. The maximum absolute atomic E-state index is 13.3. The maximum atomic E-state index is 13.3. The Labute approximate surface area is 258 Å². The number of aldehydes is 1. The second-order valence-electron chi connectivity index (χ2n) is 13.0. The third-order valence-corrected chi connectivity index (χ3v) is 12.5. The zero-order chi connectivity index (χ0) is 30.6. The predicted octanol–water partition coefficient (Wildman–Crippen LogP) is 4.81. The molecule has 2 heterocycles. The van der Waals surface area contributed by atoms with Gasteiger partial charge in [-0.25, -0.2) is 13.1 Å². The number of halogens is 1. The Kier molecular flexibility index (Phi) is 7.88. The van der Waals surface area contributed by atoms with E-state index < -0.39 is 26.8 Å². The number of carbonyl (C=O) groups is 2. The number of rotatable bonds is 1. The second kappa shape index (κ2) is 11.2. The van der Waals surface area contributed by atoms with Crippen molar-refractivity contribution < 1.29 is 27.9 Å². The average Bonchev–Trinajstić information content (AvgIpc) is 3.11. The standard InChI is InChI=1S/C33H39ClN2O6S/c1-21-5-3-14-33(39,19-37)28-10-7-25(28)17-36-18-32(13-4-6-23-15-26(34)9-11-27(23)32)20-42-30-12-8-24(16-29(30)36)31(38)35-43(40,41)22(21)2/h3,8-9,11-12,14-16,19,21-22,25,28,39H,4-7,10,13,17-18,20H2,1-2H3,(H,35,38)/b14-3+/t21-,22+,25-,28+,32-,33-/m0/s1. The summed E-state index contributed by atoms with van der Waals surface area (Å²) < 4.78 is 35.2. The van der Waals surface area contributed by atoms with Gasteiger partial charge in [-0.05, 0) is 105 Å². The molecule has 10 heteroatoms. The summed E-state index contributed by atoms with van der Waals surface area (Å²) >= 11 is 6.38. The number of fused-ring (bicyclic) bond motifs is 4. The van der Waals surface area contributed by atoms with E-state index in [4.69, 9.17) is 16.3 Å². The monoisotopic (exact) mass is 626 g/mol. The van der Waals surface area contributed by atoms with Crippen LogP contribution in [0.15, 0.2) is 48.6 Å². The highest BCUT2D eigenvalue weighted by molar-refractivity contribution is 7.90. The topological polar surface area (TPSA) is 113 Å².